The summed E-state index contributed by atoms with van der Waals surface area (Å²) in [4.78, 5) is 33.5. The quantitative estimate of drug-likeness (QED) is 0.819. The number of carbonyl (C=O) groups excluding carboxylic acids is 2. The van der Waals surface area contributed by atoms with E-state index in [-0.39, 0.29) is 12.5 Å². The summed E-state index contributed by atoms with van der Waals surface area (Å²) in [7, 11) is 3.62. The molecular formula is C20H28N4O4S. The molecule has 0 radical (unpaired) electrons. The molecule has 1 saturated heterocycles. The van der Waals surface area contributed by atoms with Gasteiger partial charge in [0.1, 0.15) is 16.4 Å². The third-order valence-electron chi connectivity index (χ3n) is 4.56. The number of hydrogen-bond acceptors (Lipinski definition) is 7. The Morgan fingerprint density at radius 3 is 2.52 bits per heavy atom. The van der Waals surface area contributed by atoms with Crippen molar-refractivity contribution in [1.29, 1.82) is 0 Å². The molecule has 29 heavy (non-hydrogen) atoms. The number of fused-ring (bicyclic) bond motifs is 1. The predicted octanol–water partition coefficient (Wildman–Crippen LogP) is 2.72. The fourth-order valence-corrected chi connectivity index (χ4v) is 3.97. The van der Waals surface area contributed by atoms with E-state index in [0.29, 0.717) is 29.9 Å². The van der Waals surface area contributed by atoms with Gasteiger partial charge in [-0.15, -0.1) is 11.3 Å². The van der Waals surface area contributed by atoms with Gasteiger partial charge in [0.2, 0.25) is 0 Å². The van der Waals surface area contributed by atoms with Crippen LogP contribution in [0.2, 0.25) is 0 Å². The molecule has 0 atom stereocenters. The molecular weight excluding hydrogens is 392 g/mol. The number of carbonyl (C=O) groups is 2. The topological polar surface area (TPSA) is 84.0 Å². The fraction of sp³-hybridized carbons (Fsp3) is 0.550. The summed E-state index contributed by atoms with van der Waals surface area (Å²) in [6.07, 6.45) is -0.486. The number of ether oxygens (including phenoxy) is 2. The number of thiazole rings is 1. The molecule has 1 fully saturated rings. The van der Waals surface area contributed by atoms with E-state index >= 15 is 0 Å². The highest BCUT2D eigenvalue weighted by molar-refractivity contribution is 7.18. The second-order valence-electron chi connectivity index (χ2n) is 8.08. The first-order valence-electron chi connectivity index (χ1n) is 9.58. The molecule has 2 heterocycles. The Morgan fingerprint density at radius 2 is 1.90 bits per heavy atom. The van der Waals surface area contributed by atoms with Crippen molar-refractivity contribution < 1.29 is 19.1 Å². The SMILES string of the molecule is COc1cc2sc(CNC(=O)OC(C)(C)C)nc2cc1C(=O)N1CCN(C)CC1. The molecule has 1 N–H and O–H groups in total. The van der Waals surface area contributed by atoms with Crippen molar-refractivity contribution in [1.82, 2.24) is 20.1 Å². The summed E-state index contributed by atoms with van der Waals surface area (Å²) in [5, 5.41) is 3.45. The summed E-state index contributed by atoms with van der Waals surface area (Å²) < 4.78 is 11.6. The summed E-state index contributed by atoms with van der Waals surface area (Å²) in [5.74, 6) is 0.495. The molecule has 9 heteroatoms. The van der Waals surface area contributed by atoms with Gasteiger partial charge < -0.3 is 24.6 Å². The van der Waals surface area contributed by atoms with Crippen LogP contribution in [0.15, 0.2) is 12.1 Å². The van der Waals surface area contributed by atoms with E-state index in [1.54, 1.807) is 13.2 Å². The summed E-state index contributed by atoms with van der Waals surface area (Å²) >= 11 is 1.45. The third-order valence-corrected chi connectivity index (χ3v) is 5.58. The van der Waals surface area contributed by atoms with Gasteiger partial charge in [-0.25, -0.2) is 9.78 Å². The molecule has 158 valence electrons. The molecule has 1 aromatic heterocycles. The lowest BCUT2D eigenvalue weighted by atomic mass is 10.1. The van der Waals surface area contributed by atoms with Gasteiger partial charge in [-0.05, 0) is 33.9 Å². The molecule has 2 aromatic rings. The highest BCUT2D eigenvalue weighted by Crippen LogP contribution is 2.31. The van der Waals surface area contributed by atoms with Gasteiger partial charge in [0.25, 0.3) is 5.91 Å². The van der Waals surface area contributed by atoms with E-state index in [0.717, 1.165) is 22.8 Å². The zero-order valence-corrected chi connectivity index (χ0v) is 18.4. The molecule has 1 aliphatic heterocycles. The zero-order chi connectivity index (χ0) is 21.2. The van der Waals surface area contributed by atoms with Crippen molar-refractivity contribution in [2.24, 2.45) is 0 Å². The highest BCUT2D eigenvalue weighted by Gasteiger charge is 2.24. The minimum Gasteiger partial charge on any atom is -0.496 e. The lowest BCUT2D eigenvalue weighted by Gasteiger charge is -2.32. The average molecular weight is 421 g/mol. The van der Waals surface area contributed by atoms with E-state index in [2.05, 4.69) is 22.2 Å². The summed E-state index contributed by atoms with van der Waals surface area (Å²) in [6, 6.07) is 3.62. The van der Waals surface area contributed by atoms with E-state index in [4.69, 9.17) is 9.47 Å². The Labute approximate surface area is 174 Å². The van der Waals surface area contributed by atoms with Crippen molar-refractivity contribution >= 4 is 33.6 Å². The Hall–Kier alpha value is -2.39. The molecule has 2 amide bonds. The van der Waals surface area contributed by atoms with Crippen molar-refractivity contribution in [3.05, 3.63) is 22.7 Å². The van der Waals surface area contributed by atoms with E-state index in [1.165, 1.54) is 11.3 Å². The van der Waals surface area contributed by atoms with Gasteiger partial charge in [0.15, 0.2) is 0 Å². The summed E-state index contributed by atoms with van der Waals surface area (Å²) in [6.45, 7) is 8.80. The number of amides is 2. The number of piperazine rings is 1. The van der Waals surface area contributed by atoms with Crippen LogP contribution in [0.25, 0.3) is 10.2 Å². The van der Waals surface area contributed by atoms with Gasteiger partial charge in [-0.2, -0.15) is 0 Å². The standard InChI is InChI=1S/C20H28N4O4S/c1-20(2,3)28-19(26)21-12-17-22-14-10-13(15(27-5)11-16(14)29-17)18(25)24-8-6-23(4)7-9-24/h10-11H,6-9,12H2,1-5H3,(H,21,26). The van der Waals surface area contributed by atoms with Crippen LogP contribution in [0, 0.1) is 0 Å². The molecule has 0 aliphatic carbocycles. The van der Waals surface area contributed by atoms with Crippen LogP contribution < -0.4 is 10.1 Å². The van der Waals surface area contributed by atoms with Gasteiger partial charge >= 0.3 is 6.09 Å². The maximum absolute atomic E-state index is 13.0. The minimum atomic E-state index is -0.552. The van der Waals surface area contributed by atoms with Crippen LogP contribution in [-0.4, -0.2) is 72.7 Å². The molecule has 8 nitrogen and oxygen atoms in total. The first-order valence-corrected chi connectivity index (χ1v) is 10.4. The fourth-order valence-electron chi connectivity index (χ4n) is 3.06. The number of methoxy groups -OCH3 is 1. The normalized spacial score (nSPS) is 15.4. The number of hydrogen-bond donors (Lipinski definition) is 1. The minimum absolute atomic E-state index is 0.0433. The average Bonchev–Trinajstić information content (AvgIpc) is 3.06. The van der Waals surface area contributed by atoms with Gasteiger partial charge in [-0.1, -0.05) is 0 Å². The lowest BCUT2D eigenvalue weighted by Crippen LogP contribution is -2.47. The monoisotopic (exact) mass is 420 g/mol. The number of rotatable bonds is 4. The molecule has 1 aliphatic rings. The predicted molar refractivity (Wildman–Crippen MR) is 113 cm³/mol. The first-order chi connectivity index (χ1) is 13.7. The molecule has 1 aromatic carbocycles. The zero-order valence-electron chi connectivity index (χ0n) is 17.6. The van der Waals surface area contributed by atoms with Crippen molar-refractivity contribution in [3.8, 4) is 5.75 Å². The number of nitrogens with zero attached hydrogens (tertiary/aromatic N) is 3. The van der Waals surface area contributed by atoms with E-state index in [1.807, 2.05) is 31.7 Å². The number of aromatic nitrogens is 1. The van der Waals surface area contributed by atoms with Crippen molar-refractivity contribution in [2.75, 3.05) is 40.3 Å². The number of benzene rings is 1. The molecule has 0 bridgehead atoms. The summed E-state index contributed by atoms with van der Waals surface area (Å²) in [5.41, 5.74) is 0.680. The molecule has 3 rings (SSSR count). The third kappa shape index (κ3) is 5.36. The molecule has 0 saturated carbocycles. The second-order valence-corrected chi connectivity index (χ2v) is 9.19. The van der Waals surface area contributed by atoms with Gasteiger partial charge in [0, 0.05) is 32.2 Å². The molecule has 0 unspecified atom stereocenters. The van der Waals surface area contributed by atoms with Gasteiger partial charge in [0.05, 0.1) is 29.4 Å². The maximum atomic E-state index is 13.0. The molecule has 0 spiro atoms. The maximum Gasteiger partial charge on any atom is 0.408 e. The van der Waals surface area contributed by atoms with Crippen molar-refractivity contribution in [2.45, 2.75) is 32.9 Å². The van der Waals surface area contributed by atoms with Crippen LogP contribution >= 0.6 is 11.3 Å². The lowest BCUT2D eigenvalue weighted by molar-refractivity contribution is 0.0523. The second kappa shape index (κ2) is 8.54. The van der Waals surface area contributed by atoms with Crippen LogP contribution in [0.5, 0.6) is 5.75 Å². The van der Waals surface area contributed by atoms with Gasteiger partial charge in [-0.3, -0.25) is 4.79 Å². The van der Waals surface area contributed by atoms with E-state index < -0.39 is 11.7 Å². The number of alkyl carbamates (subject to hydrolysis) is 1. The van der Waals surface area contributed by atoms with Crippen LogP contribution in [-0.2, 0) is 11.3 Å². The van der Waals surface area contributed by atoms with E-state index in [9.17, 15) is 9.59 Å². The largest absolute Gasteiger partial charge is 0.496 e. The van der Waals surface area contributed by atoms with Crippen LogP contribution in [0.4, 0.5) is 4.79 Å². The highest BCUT2D eigenvalue weighted by atomic mass is 32.1. The Bertz CT molecular complexity index is 898. The smallest absolute Gasteiger partial charge is 0.408 e. The van der Waals surface area contributed by atoms with Crippen LogP contribution in [0.1, 0.15) is 36.1 Å². The number of nitrogens with one attached hydrogen (secondary N) is 1. The Morgan fingerprint density at radius 1 is 1.21 bits per heavy atom. The Kier molecular flexibility index (Phi) is 6.28. The van der Waals surface area contributed by atoms with Crippen LogP contribution in [0.3, 0.4) is 0 Å². The van der Waals surface area contributed by atoms with Crippen molar-refractivity contribution in [3.63, 3.8) is 0 Å². The first kappa shape index (κ1) is 21.3. The number of likely N-dealkylation sites (N-methyl/N-ethyl adjacent to an activating group) is 1. The Balaban J connectivity index is 1.77.